The van der Waals surface area contributed by atoms with E-state index < -0.39 is 0 Å². The summed E-state index contributed by atoms with van der Waals surface area (Å²) in [4.78, 5) is 0. The molecule has 4 N–H and O–H groups in total. The van der Waals surface area contributed by atoms with Crippen LogP contribution in [0.25, 0.3) is 0 Å². The summed E-state index contributed by atoms with van der Waals surface area (Å²) in [7, 11) is 1.40. The smallest absolute Gasteiger partial charge is 0.184 e. The molecule has 0 aromatic heterocycles. The second-order valence-electron chi connectivity index (χ2n) is 2.49. The van der Waals surface area contributed by atoms with Crippen molar-refractivity contribution in [3.8, 4) is 17.2 Å². The van der Waals surface area contributed by atoms with Gasteiger partial charge in [0.25, 0.3) is 0 Å². The first-order chi connectivity index (χ1) is 5.57. The van der Waals surface area contributed by atoms with Crippen LogP contribution >= 0.6 is 0 Å². The van der Waals surface area contributed by atoms with Gasteiger partial charge in [0.05, 0.1) is 12.8 Å². The maximum absolute atomic E-state index is 9.39. The Balaban J connectivity index is 3.40. The lowest BCUT2D eigenvalue weighted by Gasteiger charge is -2.09. The maximum Gasteiger partial charge on any atom is 0.184 e. The van der Waals surface area contributed by atoms with Crippen molar-refractivity contribution in [1.82, 2.24) is 0 Å². The van der Waals surface area contributed by atoms with Crippen molar-refractivity contribution in [1.29, 1.82) is 0 Å². The second-order valence-corrected chi connectivity index (χ2v) is 2.49. The van der Waals surface area contributed by atoms with E-state index in [0.717, 1.165) is 0 Å². The third-order valence-corrected chi connectivity index (χ3v) is 1.71. The molecule has 0 heterocycles. The first-order valence-corrected chi connectivity index (χ1v) is 3.43. The number of aromatic hydroxyl groups is 2. The van der Waals surface area contributed by atoms with Crippen LogP contribution in [0.4, 0.5) is 5.69 Å². The highest BCUT2D eigenvalue weighted by molar-refractivity contribution is 5.66. The highest BCUT2D eigenvalue weighted by atomic mass is 16.5. The molecule has 1 aromatic rings. The number of phenolic OH excluding ortho intramolecular Hbond substituents is 2. The van der Waals surface area contributed by atoms with Crippen LogP contribution in [-0.4, -0.2) is 17.3 Å². The Morgan fingerprint density at radius 2 is 2.00 bits per heavy atom. The first kappa shape index (κ1) is 8.52. The number of methoxy groups -OCH3 is 1. The molecule has 0 spiro atoms. The minimum atomic E-state index is -0.116. The molecule has 0 aliphatic rings. The SMILES string of the molecule is COc1c(N)cc(O)c(C)c1O. The molecule has 0 aliphatic carbocycles. The Morgan fingerprint density at radius 3 is 2.50 bits per heavy atom. The lowest BCUT2D eigenvalue weighted by Crippen LogP contribution is -1.94. The molecular formula is C8H11NO3. The molecule has 0 bridgehead atoms. The van der Waals surface area contributed by atoms with E-state index in [4.69, 9.17) is 10.5 Å². The van der Waals surface area contributed by atoms with Gasteiger partial charge < -0.3 is 20.7 Å². The Kier molecular flexibility index (Phi) is 1.99. The molecule has 0 saturated heterocycles. The Morgan fingerprint density at radius 1 is 1.42 bits per heavy atom. The van der Waals surface area contributed by atoms with Gasteiger partial charge in [-0.1, -0.05) is 0 Å². The van der Waals surface area contributed by atoms with Crippen molar-refractivity contribution < 1.29 is 14.9 Å². The number of phenols is 2. The predicted octanol–water partition coefficient (Wildman–Crippen LogP) is 0.997. The van der Waals surface area contributed by atoms with E-state index in [9.17, 15) is 10.2 Å². The van der Waals surface area contributed by atoms with Gasteiger partial charge in [0, 0.05) is 11.6 Å². The van der Waals surface area contributed by atoms with E-state index in [0.29, 0.717) is 5.56 Å². The summed E-state index contributed by atoms with van der Waals surface area (Å²) >= 11 is 0. The maximum atomic E-state index is 9.39. The summed E-state index contributed by atoms with van der Waals surface area (Å²) < 4.78 is 4.83. The molecule has 66 valence electrons. The average Bonchev–Trinajstić information content (AvgIpc) is 2.01. The number of rotatable bonds is 1. The molecule has 0 radical (unpaired) electrons. The summed E-state index contributed by atoms with van der Waals surface area (Å²) in [5, 5.41) is 18.6. The standard InChI is InChI=1S/C8H11NO3/c1-4-6(10)3-5(9)8(12-2)7(4)11/h3,10-11H,9H2,1-2H3. The zero-order chi connectivity index (χ0) is 9.30. The van der Waals surface area contributed by atoms with Gasteiger partial charge in [-0.3, -0.25) is 0 Å². The Hall–Kier alpha value is -1.58. The molecule has 0 amide bonds. The van der Waals surface area contributed by atoms with E-state index in [2.05, 4.69) is 0 Å². The molecule has 0 aliphatic heterocycles. The van der Waals surface area contributed by atoms with E-state index >= 15 is 0 Å². The van der Waals surface area contributed by atoms with Crippen molar-refractivity contribution in [2.24, 2.45) is 0 Å². The molecule has 0 unspecified atom stereocenters. The van der Waals surface area contributed by atoms with Crippen LogP contribution in [-0.2, 0) is 0 Å². The number of benzene rings is 1. The highest BCUT2D eigenvalue weighted by Crippen LogP contribution is 2.40. The number of nitrogens with two attached hydrogens (primary N) is 1. The van der Waals surface area contributed by atoms with Gasteiger partial charge in [-0.2, -0.15) is 0 Å². The van der Waals surface area contributed by atoms with Crippen molar-refractivity contribution in [3.05, 3.63) is 11.6 Å². The third kappa shape index (κ3) is 1.11. The Bertz CT molecular complexity index is 310. The van der Waals surface area contributed by atoms with Crippen LogP contribution in [0.2, 0.25) is 0 Å². The van der Waals surface area contributed by atoms with Crippen molar-refractivity contribution in [3.63, 3.8) is 0 Å². The summed E-state index contributed by atoms with van der Waals surface area (Å²) in [5.74, 6) is 0.0473. The lowest BCUT2D eigenvalue weighted by atomic mass is 10.1. The van der Waals surface area contributed by atoms with Crippen molar-refractivity contribution in [2.75, 3.05) is 12.8 Å². The normalized spacial score (nSPS) is 9.83. The minimum Gasteiger partial charge on any atom is -0.507 e. The summed E-state index contributed by atoms with van der Waals surface area (Å²) in [6.07, 6.45) is 0. The topological polar surface area (TPSA) is 75.7 Å². The zero-order valence-electron chi connectivity index (χ0n) is 6.96. The van der Waals surface area contributed by atoms with Gasteiger partial charge in [0.15, 0.2) is 11.5 Å². The predicted molar refractivity (Wildman–Crippen MR) is 45.5 cm³/mol. The lowest BCUT2D eigenvalue weighted by molar-refractivity contribution is 0.369. The van der Waals surface area contributed by atoms with Crippen LogP contribution in [0, 0.1) is 6.92 Å². The highest BCUT2D eigenvalue weighted by Gasteiger charge is 2.12. The summed E-state index contributed by atoms with van der Waals surface area (Å²) in [6, 6.07) is 1.34. The van der Waals surface area contributed by atoms with Gasteiger partial charge in [0.1, 0.15) is 5.75 Å². The van der Waals surface area contributed by atoms with Crippen LogP contribution in [0.5, 0.6) is 17.2 Å². The second kappa shape index (κ2) is 2.81. The Labute approximate surface area is 70.2 Å². The fourth-order valence-corrected chi connectivity index (χ4v) is 0.964. The number of anilines is 1. The number of hydrogen-bond donors (Lipinski definition) is 3. The number of hydrogen-bond acceptors (Lipinski definition) is 4. The monoisotopic (exact) mass is 169 g/mol. The summed E-state index contributed by atoms with van der Waals surface area (Å²) in [6.45, 7) is 1.58. The summed E-state index contributed by atoms with van der Waals surface area (Å²) in [5.41, 5.74) is 6.04. The molecule has 1 aromatic carbocycles. The van der Waals surface area contributed by atoms with Gasteiger partial charge in [-0.05, 0) is 6.92 Å². The van der Waals surface area contributed by atoms with E-state index in [1.165, 1.54) is 13.2 Å². The van der Waals surface area contributed by atoms with E-state index in [-0.39, 0.29) is 22.9 Å². The minimum absolute atomic E-state index is 0.0363. The average molecular weight is 169 g/mol. The van der Waals surface area contributed by atoms with Crippen LogP contribution < -0.4 is 10.5 Å². The molecule has 12 heavy (non-hydrogen) atoms. The van der Waals surface area contributed by atoms with E-state index in [1.54, 1.807) is 6.92 Å². The van der Waals surface area contributed by atoms with Gasteiger partial charge in [0.2, 0.25) is 0 Å². The molecule has 0 atom stereocenters. The molecule has 0 fully saturated rings. The molecular weight excluding hydrogens is 158 g/mol. The molecule has 4 heteroatoms. The van der Waals surface area contributed by atoms with Gasteiger partial charge in [-0.15, -0.1) is 0 Å². The van der Waals surface area contributed by atoms with Crippen LogP contribution in [0.1, 0.15) is 5.56 Å². The van der Waals surface area contributed by atoms with Gasteiger partial charge >= 0.3 is 0 Å². The van der Waals surface area contributed by atoms with Crippen LogP contribution in [0.15, 0.2) is 6.07 Å². The number of ether oxygens (including phenoxy) is 1. The third-order valence-electron chi connectivity index (χ3n) is 1.71. The van der Waals surface area contributed by atoms with Gasteiger partial charge in [-0.25, -0.2) is 0 Å². The van der Waals surface area contributed by atoms with Crippen molar-refractivity contribution in [2.45, 2.75) is 6.92 Å². The quantitative estimate of drug-likeness (QED) is 0.548. The molecule has 1 rings (SSSR count). The number of nitrogen functional groups attached to an aromatic ring is 1. The first-order valence-electron chi connectivity index (χ1n) is 3.43. The van der Waals surface area contributed by atoms with Crippen molar-refractivity contribution >= 4 is 5.69 Å². The fraction of sp³-hybridized carbons (Fsp3) is 0.250. The molecule has 0 saturated carbocycles. The largest absolute Gasteiger partial charge is 0.507 e. The van der Waals surface area contributed by atoms with Crippen LogP contribution in [0.3, 0.4) is 0 Å². The zero-order valence-corrected chi connectivity index (χ0v) is 6.96. The van der Waals surface area contributed by atoms with E-state index in [1.807, 2.05) is 0 Å². The molecule has 4 nitrogen and oxygen atoms in total. The fourth-order valence-electron chi connectivity index (χ4n) is 0.964.